The summed E-state index contributed by atoms with van der Waals surface area (Å²) in [6.45, 7) is 0.626. The number of halogens is 2. The molecule has 1 unspecified atom stereocenters. The van der Waals surface area contributed by atoms with E-state index in [-0.39, 0.29) is 18.0 Å². The highest BCUT2D eigenvalue weighted by molar-refractivity contribution is 6.31. The van der Waals surface area contributed by atoms with E-state index in [2.05, 4.69) is 20.3 Å². The van der Waals surface area contributed by atoms with E-state index in [1.807, 2.05) is 17.0 Å². The number of anilines is 1. The Morgan fingerprint density at radius 3 is 2.65 bits per heavy atom. The number of nitrogens with one attached hydrogen (secondary N) is 1. The Morgan fingerprint density at radius 1 is 1.06 bits per heavy atom. The van der Waals surface area contributed by atoms with Crippen molar-refractivity contribution >= 4 is 34.9 Å². The Morgan fingerprint density at radius 2 is 1.87 bits per heavy atom. The van der Waals surface area contributed by atoms with Crippen molar-refractivity contribution < 1.29 is 4.79 Å². The number of carbonyl (C=O) groups excluding carboxylic acids is 1. The molecule has 158 valence electrons. The van der Waals surface area contributed by atoms with Crippen molar-refractivity contribution in [3.05, 3.63) is 70.6 Å². The molecule has 1 aliphatic carbocycles. The Bertz CT molecular complexity index is 1090. The van der Waals surface area contributed by atoms with Gasteiger partial charge in [-0.3, -0.25) is 4.79 Å². The van der Waals surface area contributed by atoms with Crippen molar-refractivity contribution in [1.82, 2.24) is 19.9 Å². The molecule has 1 N–H and O–H groups in total. The largest absolute Gasteiger partial charge is 0.368 e. The molecule has 3 heterocycles. The van der Waals surface area contributed by atoms with Crippen LogP contribution in [0.15, 0.2) is 55.0 Å². The Hall–Kier alpha value is -2.70. The number of fused-ring (bicyclic) bond motifs is 1. The van der Waals surface area contributed by atoms with E-state index in [0.717, 1.165) is 25.1 Å². The molecule has 1 saturated carbocycles. The van der Waals surface area contributed by atoms with Crippen LogP contribution in [-0.4, -0.2) is 44.4 Å². The van der Waals surface area contributed by atoms with Gasteiger partial charge in [0.05, 0.1) is 10.6 Å². The molecule has 2 aromatic heterocycles. The second-order valence-electron chi connectivity index (χ2n) is 8.01. The van der Waals surface area contributed by atoms with Crippen LogP contribution in [0.1, 0.15) is 29.6 Å². The van der Waals surface area contributed by atoms with Crippen LogP contribution in [0.25, 0.3) is 11.4 Å². The minimum Gasteiger partial charge on any atom is -0.368 e. The van der Waals surface area contributed by atoms with E-state index in [1.54, 1.807) is 42.9 Å². The number of carbonyl (C=O) groups is 1. The summed E-state index contributed by atoms with van der Waals surface area (Å²) in [6.07, 6.45) is 8.11. The molecule has 1 aromatic carbocycles. The standard InChI is InChI=1S/C23H21Cl2N5O/c24-15-3-6-18(22-26-8-1-9-27-22)19(11-15)23(31)30-17(5-2-14-10-20(14)30)13-29-21-7-4-16(25)12-28-21/h1,3-4,6-9,11-12,14,17,20H,2,5,10,13H2,(H,28,29)/t14-,17+,20?/m1/s1. The van der Waals surface area contributed by atoms with E-state index in [4.69, 9.17) is 23.2 Å². The summed E-state index contributed by atoms with van der Waals surface area (Å²) in [7, 11) is 0. The summed E-state index contributed by atoms with van der Waals surface area (Å²) in [5.41, 5.74) is 1.24. The van der Waals surface area contributed by atoms with Gasteiger partial charge >= 0.3 is 0 Å². The van der Waals surface area contributed by atoms with E-state index in [1.165, 1.54) is 0 Å². The molecule has 1 saturated heterocycles. The molecule has 0 radical (unpaired) electrons. The Kier molecular flexibility index (Phi) is 5.50. The van der Waals surface area contributed by atoms with Crippen LogP contribution >= 0.6 is 23.2 Å². The fraction of sp³-hybridized carbons (Fsp3) is 0.304. The van der Waals surface area contributed by atoms with Crippen molar-refractivity contribution in [3.8, 4) is 11.4 Å². The van der Waals surface area contributed by atoms with Gasteiger partial charge in [0.15, 0.2) is 5.82 Å². The summed E-state index contributed by atoms with van der Waals surface area (Å²) in [4.78, 5) is 28.8. The number of nitrogens with zero attached hydrogens (tertiary/aromatic N) is 4. The number of rotatable bonds is 5. The van der Waals surface area contributed by atoms with E-state index in [0.29, 0.717) is 39.5 Å². The van der Waals surface area contributed by atoms with Gasteiger partial charge in [0.1, 0.15) is 5.82 Å². The lowest BCUT2D eigenvalue weighted by Gasteiger charge is -2.36. The number of hydrogen-bond donors (Lipinski definition) is 1. The molecule has 3 aromatic rings. The van der Waals surface area contributed by atoms with E-state index in [9.17, 15) is 4.79 Å². The van der Waals surface area contributed by atoms with Gasteiger partial charge in [0, 0.05) is 47.8 Å². The maximum atomic E-state index is 13.8. The first-order valence-electron chi connectivity index (χ1n) is 10.3. The SMILES string of the molecule is O=C(c1cc(Cl)ccc1-c1ncccn1)N1C2C[C@H]2CC[C@H]1CNc1ccc(Cl)cn1. The number of amides is 1. The predicted octanol–water partition coefficient (Wildman–Crippen LogP) is 4.95. The van der Waals surface area contributed by atoms with Crippen LogP contribution in [0.3, 0.4) is 0 Å². The van der Waals surface area contributed by atoms with Crippen molar-refractivity contribution in [2.75, 3.05) is 11.9 Å². The molecule has 1 amide bonds. The highest BCUT2D eigenvalue weighted by Gasteiger charge is 2.50. The van der Waals surface area contributed by atoms with Gasteiger partial charge in [-0.2, -0.15) is 0 Å². The zero-order valence-corrected chi connectivity index (χ0v) is 18.2. The van der Waals surface area contributed by atoms with Crippen LogP contribution in [0.5, 0.6) is 0 Å². The van der Waals surface area contributed by atoms with Crippen LogP contribution < -0.4 is 5.32 Å². The van der Waals surface area contributed by atoms with Crippen molar-refractivity contribution in [3.63, 3.8) is 0 Å². The second-order valence-corrected chi connectivity index (χ2v) is 8.88. The minimum atomic E-state index is -0.0204. The predicted molar refractivity (Wildman–Crippen MR) is 121 cm³/mol. The zero-order chi connectivity index (χ0) is 21.4. The molecular formula is C23H21Cl2N5O. The molecule has 8 heteroatoms. The topological polar surface area (TPSA) is 71.0 Å². The first kappa shape index (κ1) is 20.2. The summed E-state index contributed by atoms with van der Waals surface area (Å²) in [6, 6.07) is 11.1. The van der Waals surface area contributed by atoms with Crippen LogP contribution in [0.4, 0.5) is 5.82 Å². The summed E-state index contributed by atoms with van der Waals surface area (Å²) >= 11 is 12.2. The lowest BCUT2D eigenvalue weighted by atomic mass is 9.98. The van der Waals surface area contributed by atoms with Crippen molar-refractivity contribution in [2.45, 2.75) is 31.3 Å². The van der Waals surface area contributed by atoms with Crippen LogP contribution in [0.2, 0.25) is 10.0 Å². The molecule has 3 atom stereocenters. The lowest BCUT2D eigenvalue weighted by Crippen LogP contribution is -2.48. The zero-order valence-electron chi connectivity index (χ0n) is 16.7. The molecule has 2 fully saturated rings. The smallest absolute Gasteiger partial charge is 0.255 e. The van der Waals surface area contributed by atoms with Gasteiger partial charge in [0.2, 0.25) is 0 Å². The molecular weight excluding hydrogens is 433 g/mol. The third-order valence-electron chi connectivity index (χ3n) is 6.01. The number of aromatic nitrogens is 3. The van der Waals surface area contributed by atoms with Gasteiger partial charge in [-0.1, -0.05) is 23.2 Å². The van der Waals surface area contributed by atoms with Gasteiger partial charge in [-0.25, -0.2) is 15.0 Å². The van der Waals surface area contributed by atoms with Gasteiger partial charge in [0.25, 0.3) is 5.91 Å². The summed E-state index contributed by atoms with van der Waals surface area (Å²) in [5, 5.41) is 4.48. The maximum Gasteiger partial charge on any atom is 0.255 e. The van der Waals surface area contributed by atoms with E-state index >= 15 is 0 Å². The highest BCUT2D eigenvalue weighted by Crippen LogP contribution is 2.46. The van der Waals surface area contributed by atoms with Crippen LogP contribution in [-0.2, 0) is 0 Å². The Labute approximate surface area is 190 Å². The van der Waals surface area contributed by atoms with Gasteiger partial charge in [-0.15, -0.1) is 0 Å². The van der Waals surface area contributed by atoms with Crippen molar-refractivity contribution in [2.24, 2.45) is 5.92 Å². The molecule has 1 aliphatic heterocycles. The number of benzene rings is 1. The average Bonchev–Trinajstić information content (AvgIpc) is 3.58. The number of pyridine rings is 1. The summed E-state index contributed by atoms with van der Waals surface area (Å²) in [5.74, 6) is 1.83. The number of piperidine rings is 1. The number of hydrogen-bond acceptors (Lipinski definition) is 5. The molecule has 6 nitrogen and oxygen atoms in total. The normalized spacial score (nSPS) is 22.0. The average molecular weight is 454 g/mol. The van der Waals surface area contributed by atoms with Gasteiger partial charge < -0.3 is 10.2 Å². The second kappa shape index (κ2) is 8.44. The highest BCUT2D eigenvalue weighted by atomic mass is 35.5. The fourth-order valence-corrected chi connectivity index (χ4v) is 4.67. The monoisotopic (exact) mass is 453 g/mol. The third-order valence-corrected chi connectivity index (χ3v) is 6.46. The number of likely N-dealkylation sites (tertiary alicyclic amines) is 1. The molecule has 2 aliphatic rings. The van der Waals surface area contributed by atoms with Crippen molar-refractivity contribution in [1.29, 1.82) is 0 Å². The molecule has 5 rings (SSSR count). The molecule has 31 heavy (non-hydrogen) atoms. The first-order valence-corrected chi connectivity index (χ1v) is 11.1. The maximum absolute atomic E-state index is 13.8. The lowest BCUT2D eigenvalue weighted by molar-refractivity contribution is 0.0604. The molecule has 0 spiro atoms. The van der Waals surface area contributed by atoms with Gasteiger partial charge in [-0.05, 0) is 61.6 Å². The fourth-order valence-electron chi connectivity index (χ4n) is 4.38. The molecule has 0 bridgehead atoms. The third kappa shape index (κ3) is 4.23. The quantitative estimate of drug-likeness (QED) is 0.591. The first-order chi connectivity index (χ1) is 15.1. The van der Waals surface area contributed by atoms with Crippen LogP contribution in [0, 0.1) is 5.92 Å². The minimum absolute atomic E-state index is 0.0204. The Balaban J connectivity index is 1.43. The summed E-state index contributed by atoms with van der Waals surface area (Å²) < 4.78 is 0. The van der Waals surface area contributed by atoms with E-state index < -0.39 is 0 Å².